The first-order chi connectivity index (χ1) is 16.7. The third kappa shape index (κ3) is 2.52. The second-order valence-corrected chi connectivity index (χ2v) is 9.75. The van der Waals surface area contributed by atoms with Gasteiger partial charge in [-0.3, -0.25) is 0 Å². The van der Waals surface area contributed by atoms with Crippen LogP contribution in [0.25, 0.3) is 76.8 Å². The minimum Gasteiger partial charge on any atom is -0.456 e. The first-order valence-electron chi connectivity index (χ1n) is 11.2. The van der Waals surface area contributed by atoms with Crippen molar-refractivity contribution in [2.24, 2.45) is 0 Å². The maximum absolute atomic E-state index is 6.27. The smallest absolute Gasteiger partial charge is 0.136 e. The predicted molar refractivity (Wildman–Crippen MR) is 143 cm³/mol. The molecule has 0 amide bonds. The van der Waals surface area contributed by atoms with Crippen molar-refractivity contribution < 1.29 is 8.83 Å². The van der Waals surface area contributed by atoms with Crippen molar-refractivity contribution in [2.75, 3.05) is 0 Å². The summed E-state index contributed by atoms with van der Waals surface area (Å²) >= 11 is 3.59. The van der Waals surface area contributed by atoms with Crippen molar-refractivity contribution in [2.45, 2.75) is 0 Å². The van der Waals surface area contributed by atoms with Gasteiger partial charge in [-0.15, -0.1) is 0 Å². The zero-order chi connectivity index (χ0) is 22.4. The SMILES string of the molecule is Brc1ccc2[nH]c3cc4c(cc3c2c1)oc1ccc(-c2ccc3oc5ccccc5c3c2)cc14. The molecule has 0 aliphatic rings. The zero-order valence-electron chi connectivity index (χ0n) is 17.9. The normalized spacial score (nSPS) is 12.3. The fourth-order valence-corrected chi connectivity index (χ4v) is 5.59. The van der Waals surface area contributed by atoms with Crippen LogP contribution in [-0.2, 0) is 0 Å². The molecule has 4 heteroatoms. The molecule has 34 heavy (non-hydrogen) atoms. The Balaban J connectivity index is 1.36. The van der Waals surface area contributed by atoms with Crippen molar-refractivity contribution in [1.29, 1.82) is 0 Å². The summed E-state index contributed by atoms with van der Waals surface area (Å²) in [6.07, 6.45) is 0. The highest BCUT2D eigenvalue weighted by atomic mass is 79.9. The highest BCUT2D eigenvalue weighted by Gasteiger charge is 2.14. The van der Waals surface area contributed by atoms with Crippen molar-refractivity contribution in [1.82, 2.24) is 4.98 Å². The first-order valence-corrected chi connectivity index (χ1v) is 12.0. The Labute approximate surface area is 201 Å². The minimum absolute atomic E-state index is 0.895. The van der Waals surface area contributed by atoms with Gasteiger partial charge in [0, 0.05) is 47.8 Å². The fraction of sp³-hybridized carbons (Fsp3) is 0. The number of H-pyrrole nitrogens is 1. The third-order valence-corrected chi connectivity index (χ3v) is 7.35. The molecule has 0 aliphatic heterocycles. The van der Waals surface area contributed by atoms with Crippen LogP contribution in [0.1, 0.15) is 0 Å². The van der Waals surface area contributed by atoms with E-state index in [1.54, 1.807) is 0 Å². The predicted octanol–water partition coefficient (Wildman–Crippen LogP) is 9.55. The highest BCUT2D eigenvalue weighted by Crippen LogP contribution is 2.38. The molecule has 0 spiro atoms. The maximum Gasteiger partial charge on any atom is 0.136 e. The summed E-state index contributed by atoms with van der Waals surface area (Å²) in [5.74, 6) is 0. The molecule has 8 rings (SSSR count). The molecule has 0 unspecified atom stereocenters. The quantitative estimate of drug-likeness (QED) is 0.243. The third-order valence-electron chi connectivity index (χ3n) is 6.86. The molecule has 0 saturated heterocycles. The summed E-state index contributed by atoms with van der Waals surface area (Å²) in [6, 6.07) is 31.7. The molecule has 8 aromatic rings. The molecule has 160 valence electrons. The van der Waals surface area contributed by atoms with Crippen molar-refractivity contribution in [3.05, 3.63) is 95.5 Å². The molecule has 0 fully saturated rings. The molecule has 0 atom stereocenters. The van der Waals surface area contributed by atoms with Gasteiger partial charge >= 0.3 is 0 Å². The molecule has 1 N–H and O–H groups in total. The number of nitrogens with one attached hydrogen (secondary N) is 1. The summed E-state index contributed by atoms with van der Waals surface area (Å²) in [5, 5.41) is 6.86. The Morgan fingerprint density at radius 2 is 1.12 bits per heavy atom. The van der Waals surface area contributed by atoms with Gasteiger partial charge in [-0.05, 0) is 71.8 Å². The molecule has 5 aromatic carbocycles. The Hall–Kier alpha value is -4.02. The minimum atomic E-state index is 0.895. The standard InChI is InChI=1S/C30H16BrNO2/c31-18-7-8-25-20(13-18)21-15-30-24(14-26(21)32-25)23-12-17(6-10-29(23)34-30)16-5-9-28-22(11-16)19-3-1-2-4-27(19)33-28/h1-15,32H. The Morgan fingerprint density at radius 3 is 1.94 bits per heavy atom. The van der Waals surface area contributed by atoms with E-state index in [1.807, 2.05) is 12.1 Å². The number of aromatic nitrogens is 1. The maximum atomic E-state index is 6.27. The van der Waals surface area contributed by atoms with Crippen LogP contribution in [0.3, 0.4) is 0 Å². The van der Waals surface area contributed by atoms with Crippen molar-refractivity contribution in [3.8, 4) is 11.1 Å². The van der Waals surface area contributed by atoms with Gasteiger partial charge in [-0.2, -0.15) is 0 Å². The van der Waals surface area contributed by atoms with E-state index in [-0.39, 0.29) is 0 Å². The molecule has 0 bridgehead atoms. The summed E-state index contributed by atoms with van der Waals surface area (Å²) in [6.45, 7) is 0. The largest absolute Gasteiger partial charge is 0.456 e. The van der Waals surface area contributed by atoms with Crippen LogP contribution in [0.5, 0.6) is 0 Å². The average Bonchev–Trinajstić information content (AvgIpc) is 3.52. The molecule has 3 nitrogen and oxygen atoms in total. The van der Waals surface area contributed by atoms with Crippen LogP contribution in [0.4, 0.5) is 0 Å². The van der Waals surface area contributed by atoms with E-state index in [0.29, 0.717) is 0 Å². The van der Waals surface area contributed by atoms with Gasteiger partial charge in [0.25, 0.3) is 0 Å². The van der Waals surface area contributed by atoms with E-state index in [2.05, 4.69) is 99.8 Å². The Kier molecular flexibility index (Phi) is 3.53. The topological polar surface area (TPSA) is 42.1 Å². The number of furan rings is 2. The molecular formula is C30H16BrNO2. The second kappa shape index (κ2) is 6.52. The molecule has 0 saturated carbocycles. The van der Waals surface area contributed by atoms with Gasteiger partial charge in [-0.25, -0.2) is 0 Å². The van der Waals surface area contributed by atoms with Crippen LogP contribution in [-0.4, -0.2) is 4.98 Å². The lowest BCUT2D eigenvalue weighted by molar-refractivity contribution is 0.668. The number of para-hydroxylation sites is 1. The van der Waals surface area contributed by atoms with E-state index in [4.69, 9.17) is 8.83 Å². The summed E-state index contributed by atoms with van der Waals surface area (Å²) in [7, 11) is 0. The number of rotatable bonds is 1. The lowest BCUT2D eigenvalue weighted by Gasteiger charge is -2.02. The fourth-order valence-electron chi connectivity index (χ4n) is 5.23. The van der Waals surface area contributed by atoms with Gasteiger partial charge in [0.05, 0.1) is 0 Å². The molecular weight excluding hydrogens is 486 g/mol. The first kappa shape index (κ1) is 18.4. The van der Waals surface area contributed by atoms with Crippen LogP contribution in [0, 0.1) is 0 Å². The van der Waals surface area contributed by atoms with E-state index in [9.17, 15) is 0 Å². The van der Waals surface area contributed by atoms with Gasteiger partial charge in [0.15, 0.2) is 0 Å². The number of benzene rings is 5. The van der Waals surface area contributed by atoms with Crippen LogP contribution in [0.2, 0.25) is 0 Å². The lowest BCUT2D eigenvalue weighted by atomic mass is 10.0. The van der Waals surface area contributed by atoms with Gasteiger partial charge in [-0.1, -0.05) is 46.3 Å². The second-order valence-electron chi connectivity index (χ2n) is 8.83. The monoisotopic (exact) mass is 501 g/mol. The molecule has 0 radical (unpaired) electrons. The Bertz CT molecular complexity index is 2090. The van der Waals surface area contributed by atoms with Gasteiger partial charge < -0.3 is 13.8 Å². The number of halogens is 1. The number of hydrogen-bond acceptors (Lipinski definition) is 2. The number of aromatic amines is 1. The van der Waals surface area contributed by atoms with E-state index in [0.717, 1.165) is 70.5 Å². The van der Waals surface area contributed by atoms with E-state index >= 15 is 0 Å². The van der Waals surface area contributed by atoms with Crippen molar-refractivity contribution in [3.63, 3.8) is 0 Å². The summed E-state index contributed by atoms with van der Waals surface area (Å²) in [4.78, 5) is 3.56. The summed E-state index contributed by atoms with van der Waals surface area (Å²) < 4.78 is 13.4. The summed E-state index contributed by atoms with van der Waals surface area (Å²) in [5.41, 5.74) is 8.17. The van der Waals surface area contributed by atoms with Crippen LogP contribution < -0.4 is 0 Å². The Morgan fingerprint density at radius 1 is 0.471 bits per heavy atom. The molecule has 0 aliphatic carbocycles. The zero-order valence-corrected chi connectivity index (χ0v) is 19.4. The molecule has 3 aromatic heterocycles. The van der Waals surface area contributed by atoms with Crippen molar-refractivity contribution >= 4 is 81.6 Å². The van der Waals surface area contributed by atoms with E-state index < -0.39 is 0 Å². The van der Waals surface area contributed by atoms with E-state index in [1.165, 1.54) is 10.8 Å². The molecule has 3 heterocycles. The van der Waals surface area contributed by atoms with Crippen LogP contribution >= 0.6 is 15.9 Å². The van der Waals surface area contributed by atoms with Gasteiger partial charge in [0.2, 0.25) is 0 Å². The lowest BCUT2D eigenvalue weighted by Crippen LogP contribution is -1.78. The highest BCUT2D eigenvalue weighted by molar-refractivity contribution is 9.10. The van der Waals surface area contributed by atoms with Crippen LogP contribution in [0.15, 0.2) is 104 Å². The number of fused-ring (bicyclic) bond motifs is 9. The average molecular weight is 502 g/mol. The van der Waals surface area contributed by atoms with Gasteiger partial charge in [0.1, 0.15) is 22.3 Å². The number of hydrogen-bond donors (Lipinski definition) is 1.